The van der Waals surface area contributed by atoms with Crippen LogP contribution in [0.2, 0.25) is 0 Å². The third-order valence-corrected chi connectivity index (χ3v) is 3.24. The highest BCUT2D eigenvalue weighted by Crippen LogP contribution is 2.42. The van der Waals surface area contributed by atoms with Gasteiger partial charge in [0.2, 0.25) is 0 Å². The van der Waals surface area contributed by atoms with Crippen molar-refractivity contribution < 1.29 is 14.3 Å². The Morgan fingerprint density at radius 2 is 2.00 bits per heavy atom. The zero-order chi connectivity index (χ0) is 12.6. The summed E-state index contributed by atoms with van der Waals surface area (Å²) in [6, 6.07) is 0. The van der Waals surface area contributed by atoms with Crippen LogP contribution in [0, 0.1) is 5.92 Å². The van der Waals surface area contributed by atoms with Gasteiger partial charge < -0.3 is 9.47 Å². The SMILES string of the molecule is CCOC(C)C(=O)C1CC(C)(C)OC1(C)C. The van der Waals surface area contributed by atoms with Crippen LogP contribution in [0.3, 0.4) is 0 Å². The number of ether oxygens (including phenoxy) is 2. The van der Waals surface area contributed by atoms with E-state index < -0.39 is 0 Å². The zero-order valence-electron chi connectivity index (χ0n) is 11.3. The summed E-state index contributed by atoms with van der Waals surface area (Å²) in [6.07, 6.45) is 0.447. The lowest BCUT2D eigenvalue weighted by molar-refractivity contribution is -0.139. The average Bonchev–Trinajstić information content (AvgIpc) is 2.33. The lowest BCUT2D eigenvalue weighted by Gasteiger charge is -2.27. The molecule has 3 heteroatoms. The van der Waals surface area contributed by atoms with Crippen LogP contribution >= 0.6 is 0 Å². The van der Waals surface area contributed by atoms with E-state index in [4.69, 9.17) is 9.47 Å². The zero-order valence-corrected chi connectivity index (χ0v) is 11.3. The van der Waals surface area contributed by atoms with Crippen LogP contribution in [-0.2, 0) is 14.3 Å². The molecule has 0 radical (unpaired) electrons. The van der Waals surface area contributed by atoms with Crippen molar-refractivity contribution in [1.29, 1.82) is 0 Å². The summed E-state index contributed by atoms with van der Waals surface area (Å²) in [5.41, 5.74) is -0.596. The lowest BCUT2D eigenvalue weighted by Crippen LogP contribution is -2.39. The van der Waals surface area contributed by atoms with Crippen molar-refractivity contribution in [2.75, 3.05) is 6.61 Å². The molecule has 3 nitrogen and oxygen atoms in total. The molecule has 1 rings (SSSR count). The summed E-state index contributed by atoms with van der Waals surface area (Å²) in [5.74, 6) is 0.0986. The molecule has 0 aromatic rings. The third kappa shape index (κ3) is 2.83. The molecule has 16 heavy (non-hydrogen) atoms. The van der Waals surface area contributed by atoms with E-state index in [1.54, 1.807) is 0 Å². The van der Waals surface area contributed by atoms with E-state index in [1.165, 1.54) is 0 Å². The molecule has 0 aliphatic carbocycles. The van der Waals surface area contributed by atoms with E-state index in [2.05, 4.69) is 0 Å². The van der Waals surface area contributed by atoms with Crippen molar-refractivity contribution in [3.8, 4) is 0 Å². The molecular formula is C13H24O3. The predicted octanol–water partition coefficient (Wildman–Crippen LogP) is 2.57. The lowest BCUT2D eigenvalue weighted by atomic mass is 9.82. The van der Waals surface area contributed by atoms with E-state index in [9.17, 15) is 4.79 Å². The average molecular weight is 228 g/mol. The first-order chi connectivity index (χ1) is 7.19. The van der Waals surface area contributed by atoms with Crippen LogP contribution in [0.4, 0.5) is 0 Å². The summed E-state index contributed by atoms with van der Waals surface area (Å²) < 4.78 is 11.3. The number of Topliss-reactive ketones (excluding diaryl/α,β-unsaturated/α-hetero) is 1. The van der Waals surface area contributed by atoms with Crippen molar-refractivity contribution >= 4 is 5.78 Å². The number of rotatable bonds is 4. The molecule has 1 saturated heterocycles. The number of hydrogen-bond donors (Lipinski definition) is 0. The molecule has 0 aromatic carbocycles. The van der Waals surface area contributed by atoms with Crippen molar-refractivity contribution in [2.24, 2.45) is 5.92 Å². The Hall–Kier alpha value is -0.410. The normalized spacial score (nSPS) is 29.0. The van der Waals surface area contributed by atoms with Crippen molar-refractivity contribution in [3.05, 3.63) is 0 Å². The highest BCUT2D eigenvalue weighted by molar-refractivity contribution is 5.86. The van der Waals surface area contributed by atoms with E-state index in [-0.39, 0.29) is 29.0 Å². The largest absolute Gasteiger partial charge is 0.371 e. The number of hydrogen-bond acceptors (Lipinski definition) is 3. The minimum atomic E-state index is -0.383. The second-order valence-corrected chi connectivity index (χ2v) is 5.72. The highest BCUT2D eigenvalue weighted by atomic mass is 16.5. The molecule has 0 saturated carbocycles. The second-order valence-electron chi connectivity index (χ2n) is 5.72. The fourth-order valence-corrected chi connectivity index (χ4v) is 2.62. The maximum atomic E-state index is 12.2. The maximum absolute atomic E-state index is 12.2. The summed E-state index contributed by atoms with van der Waals surface area (Å²) in [4.78, 5) is 12.2. The molecule has 0 spiro atoms. The molecule has 1 aliphatic rings. The number of carbonyl (C=O) groups excluding carboxylic acids is 1. The van der Waals surface area contributed by atoms with Gasteiger partial charge in [-0.1, -0.05) is 0 Å². The monoisotopic (exact) mass is 228 g/mol. The van der Waals surface area contributed by atoms with Crippen LogP contribution in [0.25, 0.3) is 0 Å². The predicted molar refractivity (Wildman–Crippen MR) is 63.4 cm³/mol. The third-order valence-electron chi connectivity index (χ3n) is 3.24. The molecule has 0 N–H and O–H groups in total. The van der Waals surface area contributed by atoms with Crippen LogP contribution in [0.1, 0.15) is 48.0 Å². The van der Waals surface area contributed by atoms with Crippen LogP contribution in [0.5, 0.6) is 0 Å². The standard InChI is InChI=1S/C13H24O3/c1-7-15-9(2)11(14)10-8-12(3,4)16-13(10,5)6/h9-10H,7-8H2,1-6H3. The molecule has 94 valence electrons. The molecule has 0 bridgehead atoms. The van der Waals surface area contributed by atoms with Gasteiger partial charge in [-0.25, -0.2) is 0 Å². The van der Waals surface area contributed by atoms with Gasteiger partial charge in [-0.2, -0.15) is 0 Å². The van der Waals surface area contributed by atoms with Gasteiger partial charge in [-0.3, -0.25) is 4.79 Å². The molecule has 2 unspecified atom stereocenters. The van der Waals surface area contributed by atoms with E-state index >= 15 is 0 Å². The van der Waals surface area contributed by atoms with Gasteiger partial charge >= 0.3 is 0 Å². The van der Waals surface area contributed by atoms with Gasteiger partial charge in [0.15, 0.2) is 5.78 Å². The topological polar surface area (TPSA) is 35.5 Å². The Morgan fingerprint density at radius 3 is 2.38 bits per heavy atom. The highest BCUT2D eigenvalue weighted by Gasteiger charge is 2.50. The molecule has 2 atom stereocenters. The minimum Gasteiger partial charge on any atom is -0.371 e. The Kier molecular flexibility index (Phi) is 3.80. The Balaban J connectivity index is 2.77. The minimum absolute atomic E-state index is 0.0657. The van der Waals surface area contributed by atoms with E-state index in [1.807, 2.05) is 41.5 Å². The second kappa shape index (κ2) is 4.46. The molecule has 1 heterocycles. The van der Waals surface area contributed by atoms with Gasteiger partial charge in [-0.05, 0) is 48.0 Å². The van der Waals surface area contributed by atoms with Gasteiger partial charge in [0.1, 0.15) is 6.10 Å². The van der Waals surface area contributed by atoms with E-state index in [0.29, 0.717) is 6.61 Å². The van der Waals surface area contributed by atoms with Crippen LogP contribution in [0.15, 0.2) is 0 Å². The number of ketones is 1. The summed E-state index contributed by atoms with van der Waals surface area (Å²) in [6.45, 7) is 12.4. The Morgan fingerprint density at radius 1 is 1.44 bits per heavy atom. The maximum Gasteiger partial charge on any atom is 0.167 e. The first-order valence-corrected chi connectivity index (χ1v) is 6.05. The summed E-state index contributed by atoms with van der Waals surface area (Å²) in [5, 5.41) is 0. The molecular weight excluding hydrogens is 204 g/mol. The number of carbonyl (C=O) groups is 1. The van der Waals surface area contributed by atoms with Crippen molar-refractivity contribution in [2.45, 2.75) is 65.3 Å². The fourth-order valence-electron chi connectivity index (χ4n) is 2.62. The van der Waals surface area contributed by atoms with Crippen LogP contribution in [-0.4, -0.2) is 29.7 Å². The fraction of sp³-hybridized carbons (Fsp3) is 0.923. The molecule has 0 amide bonds. The molecule has 0 aromatic heterocycles. The first-order valence-electron chi connectivity index (χ1n) is 6.05. The van der Waals surface area contributed by atoms with Crippen LogP contribution < -0.4 is 0 Å². The Labute approximate surface area is 98.5 Å². The smallest absolute Gasteiger partial charge is 0.167 e. The summed E-state index contributed by atoms with van der Waals surface area (Å²) >= 11 is 0. The van der Waals surface area contributed by atoms with Gasteiger partial charge in [0.25, 0.3) is 0 Å². The van der Waals surface area contributed by atoms with Crippen molar-refractivity contribution in [1.82, 2.24) is 0 Å². The quantitative estimate of drug-likeness (QED) is 0.742. The van der Waals surface area contributed by atoms with Gasteiger partial charge in [0, 0.05) is 6.61 Å². The van der Waals surface area contributed by atoms with E-state index in [0.717, 1.165) is 6.42 Å². The first kappa shape index (κ1) is 13.7. The van der Waals surface area contributed by atoms with Crippen molar-refractivity contribution in [3.63, 3.8) is 0 Å². The summed E-state index contributed by atoms with van der Waals surface area (Å²) in [7, 11) is 0. The van der Waals surface area contributed by atoms with Gasteiger partial charge in [0.05, 0.1) is 17.1 Å². The molecule has 1 aliphatic heterocycles. The molecule has 1 fully saturated rings. The Bertz CT molecular complexity index is 268. The van der Waals surface area contributed by atoms with Gasteiger partial charge in [-0.15, -0.1) is 0 Å².